The normalized spacial score (nSPS) is 11.9. The van der Waals surface area contributed by atoms with Crippen LogP contribution < -0.4 is 16.6 Å². The van der Waals surface area contributed by atoms with E-state index in [0.29, 0.717) is 27.2 Å². The van der Waals surface area contributed by atoms with Crippen molar-refractivity contribution in [3.05, 3.63) is 92.1 Å². The van der Waals surface area contributed by atoms with Gasteiger partial charge >= 0.3 is 5.69 Å². The molecule has 0 fully saturated rings. The number of hydrogen-bond donors (Lipinski definition) is 2. The van der Waals surface area contributed by atoms with Crippen molar-refractivity contribution >= 4 is 39.7 Å². The summed E-state index contributed by atoms with van der Waals surface area (Å²) in [5.74, 6) is -0.288. The van der Waals surface area contributed by atoms with Crippen LogP contribution >= 0.6 is 11.6 Å². The molecule has 4 rings (SSSR count). The number of nitrogens with zero attached hydrogens (tertiary/aromatic N) is 4. The van der Waals surface area contributed by atoms with Crippen molar-refractivity contribution in [1.82, 2.24) is 14.5 Å². The number of halogens is 1. The maximum atomic E-state index is 13.5. The number of benzene rings is 2. The van der Waals surface area contributed by atoms with Crippen molar-refractivity contribution < 1.29 is 4.92 Å². The zero-order chi connectivity index (χ0) is 22.1. The molecule has 0 radical (unpaired) electrons. The molecule has 4 aromatic rings. The number of para-hydroxylation sites is 1. The third-order valence-corrected chi connectivity index (χ3v) is 5.18. The summed E-state index contributed by atoms with van der Waals surface area (Å²) >= 11 is 6.32. The number of hydrogen-bond acceptors (Lipinski definition) is 7. The minimum Gasteiger partial charge on any atom is -0.378 e. The van der Waals surface area contributed by atoms with Gasteiger partial charge in [-0.3, -0.25) is 19.5 Å². The van der Waals surface area contributed by atoms with Gasteiger partial charge in [0, 0.05) is 11.4 Å². The molecule has 156 valence electrons. The van der Waals surface area contributed by atoms with Crippen molar-refractivity contribution in [3.63, 3.8) is 0 Å². The Labute approximate surface area is 181 Å². The molecule has 0 unspecified atom stereocenters. The smallest absolute Gasteiger partial charge is 0.353 e. The van der Waals surface area contributed by atoms with E-state index in [0.717, 1.165) is 6.33 Å². The minimum absolute atomic E-state index is 0.0387. The Morgan fingerprint density at radius 1 is 1.16 bits per heavy atom. The second-order valence-corrected chi connectivity index (χ2v) is 7.24. The van der Waals surface area contributed by atoms with E-state index in [4.69, 9.17) is 17.3 Å². The molecule has 0 bridgehead atoms. The third-order valence-electron chi connectivity index (χ3n) is 4.87. The average molecular weight is 437 g/mol. The lowest BCUT2D eigenvalue weighted by Gasteiger charge is -2.21. The summed E-state index contributed by atoms with van der Waals surface area (Å²) in [4.78, 5) is 31.9. The molecule has 10 heteroatoms. The van der Waals surface area contributed by atoms with Gasteiger partial charge in [0.2, 0.25) is 11.6 Å². The van der Waals surface area contributed by atoms with Crippen LogP contribution in [-0.4, -0.2) is 19.5 Å². The highest BCUT2D eigenvalue weighted by atomic mass is 35.5. The summed E-state index contributed by atoms with van der Waals surface area (Å²) in [6.07, 6.45) is 1.14. The summed E-state index contributed by atoms with van der Waals surface area (Å²) < 4.78 is 1.53. The highest BCUT2D eigenvalue weighted by Gasteiger charge is 2.24. The van der Waals surface area contributed by atoms with Gasteiger partial charge in [-0.25, -0.2) is 9.97 Å². The van der Waals surface area contributed by atoms with Crippen LogP contribution in [0.15, 0.2) is 65.7 Å². The van der Waals surface area contributed by atoms with Gasteiger partial charge in [0.1, 0.15) is 6.33 Å². The second-order valence-electron chi connectivity index (χ2n) is 6.83. The zero-order valence-corrected chi connectivity index (χ0v) is 17.1. The second kappa shape index (κ2) is 8.04. The maximum Gasteiger partial charge on any atom is 0.353 e. The molecule has 9 nitrogen and oxygen atoms in total. The Bertz CT molecular complexity index is 1360. The number of anilines is 2. The zero-order valence-electron chi connectivity index (χ0n) is 16.3. The van der Waals surface area contributed by atoms with E-state index in [9.17, 15) is 14.9 Å². The molecule has 2 heterocycles. The highest BCUT2D eigenvalue weighted by molar-refractivity contribution is 6.35. The quantitative estimate of drug-likeness (QED) is 0.356. The van der Waals surface area contributed by atoms with Crippen LogP contribution in [0.2, 0.25) is 5.02 Å². The molecule has 2 aromatic heterocycles. The molecule has 2 aromatic carbocycles. The predicted octanol–water partition coefficient (Wildman–Crippen LogP) is 4.10. The summed E-state index contributed by atoms with van der Waals surface area (Å²) in [5, 5.41) is 15.8. The van der Waals surface area contributed by atoms with Gasteiger partial charge in [0.15, 0.2) is 0 Å². The molecule has 3 N–H and O–H groups in total. The van der Waals surface area contributed by atoms with Crippen molar-refractivity contribution in [2.24, 2.45) is 0 Å². The minimum atomic E-state index is -0.644. The van der Waals surface area contributed by atoms with Crippen LogP contribution in [0.4, 0.5) is 17.3 Å². The van der Waals surface area contributed by atoms with E-state index in [-0.39, 0.29) is 17.2 Å². The Hall–Kier alpha value is -3.98. The van der Waals surface area contributed by atoms with Crippen LogP contribution in [0.5, 0.6) is 0 Å². The van der Waals surface area contributed by atoms with Gasteiger partial charge in [-0.1, -0.05) is 41.9 Å². The first-order chi connectivity index (χ1) is 14.9. The lowest BCUT2D eigenvalue weighted by molar-refractivity contribution is -0.383. The molecule has 0 aliphatic rings. The Kier molecular flexibility index (Phi) is 5.26. The van der Waals surface area contributed by atoms with Crippen LogP contribution in [0.25, 0.3) is 16.5 Å². The van der Waals surface area contributed by atoms with Gasteiger partial charge in [-0.15, -0.1) is 0 Å². The fraction of sp³-hybridized carbons (Fsp3) is 0.0952. The van der Waals surface area contributed by atoms with Crippen molar-refractivity contribution in [2.45, 2.75) is 13.0 Å². The summed E-state index contributed by atoms with van der Waals surface area (Å²) in [6.45, 7) is 1.77. The lowest BCUT2D eigenvalue weighted by Crippen LogP contribution is -2.26. The first-order valence-corrected chi connectivity index (χ1v) is 9.67. The predicted molar refractivity (Wildman–Crippen MR) is 120 cm³/mol. The summed E-state index contributed by atoms with van der Waals surface area (Å²) in [7, 11) is 0. The number of pyridine rings is 1. The molecule has 0 saturated carbocycles. The van der Waals surface area contributed by atoms with Gasteiger partial charge in [0.05, 0.1) is 21.4 Å². The summed E-state index contributed by atoms with van der Waals surface area (Å²) in [6, 6.07) is 15.6. The fourth-order valence-corrected chi connectivity index (χ4v) is 3.72. The topological polar surface area (TPSA) is 129 Å². The standard InChI is InChI=1S/C21H17ClN6O3/c1-12(26-20-18(28(30)31)19(23)24-11-25-20)16-10-13-6-5-9-15(22)17(13)21(29)27(16)14-7-3-2-4-8-14/h2-12H,1H3,(H3,23,24,25,26)/t12-/m0/s1. The molecule has 0 spiro atoms. The molecule has 1 atom stereocenters. The number of nitro groups is 1. The fourth-order valence-electron chi connectivity index (χ4n) is 3.46. The Morgan fingerprint density at radius 3 is 2.61 bits per heavy atom. The van der Waals surface area contributed by atoms with Crippen LogP contribution in [0.3, 0.4) is 0 Å². The molecule has 0 aliphatic heterocycles. The number of nitrogens with two attached hydrogens (primary N) is 1. The summed E-state index contributed by atoms with van der Waals surface area (Å²) in [5.41, 5.74) is 6.15. The third kappa shape index (κ3) is 3.66. The van der Waals surface area contributed by atoms with E-state index in [1.807, 2.05) is 24.3 Å². The van der Waals surface area contributed by atoms with Crippen LogP contribution in [0.1, 0.15) is 18.7 Å². The first-order valence-electron chi connectivity index (χ1n) is 9.29. The molecule has 0 saturated heterocycles. The largest absolute Gasteiger partial charge is 0.378 e. The van der Waals surface area contributed by atoms with Crippen molar-refractivity contribution in [1.29, 1.82) is 0 Å². The maximum absolute atomic E-state index is 13.5. The van der Waals surface area contributed by atoms with Crippen LogP contribution in [0, 0.1) is 10.1 Å². The van der Waals surface area contributed by atoms with Gasteiger partial charge in [0.25, 0.3) is 5.56 Å². The number of rotatable bonds is 5. The molecular formula is C21H17ClN6O3. The van der Waals surface area contributed by atoms with E-state index < -0.39 is 16.7 Å². The van der Waals surface area contributed by atoms with Gasteiger partial charge in [-0.05, 0) is 36.6 Å². The number of fused-ring (bicyclic) bond motifs is 1. The average Bonchev–Trinajstić information content (AvgIpc) is 2.74. The van der Waals surface area contributed by atoms with Gasteiger partial charge in [-0.2, -0.15) is 0 Å². The van der Waals surface area contributed by atoms with E-state index in [1.54, 1.807) is 37.3 Å². The van der Waals surface area contributed by atoms with Crippen LogP contribution in [-0.2, 0) is 0 Å². The Balaban J connectivity index is 1.93. The molecule has 31 heavy (non-hydrogen) atoms. The lowest BCUT2D eigenvalue weighted by atomic mass is 10.1. The number of nitrogen functional groups attached to an aromatic ring is 1. The van der Waals surface area contributed by atoms with E-state index >= 15 is 0 Å². The SMILES string of the molecule is C[C@H](Nc1ncnc(N)c1[N+](=O)[O-])c1cc2cccc(Cl)c2c(=O)n1-c1ccccc1. The molecular weight excluding hydrogens is 420 g/mol. The van der Waals surface area contributed by atoms with Gasteiger partial charge < -0.3 is 11.1 Å². The highest BCUT2D eigenvalue weighted by Crippen LogP contribution is 2.31. The van der Waals surface area contributed by atoms with E-state index in [1.165, 1.54) is 4.57 Å². The monoisotopic (exact) mass is 436 g/mol. The molecule has 0 aliphatic carbocycles. The van der Waals surface area contributed by atoms with Crippen molar-refractivity contribution in [3.8, 4) is 5.69 Å². The first kappa shape index (κ1) is 20.3. The Morgan fingerprint density at radius 2 is 1.90 bits per heavy atom. The van der Waals surface area contributed by atoms with Crippen molar-refractivity contribution in [2.75, 3.05) is 11.1 Å². The number of nitrogens with one attached hydrogen (secondary N) is 1. The number of aromatic nitrogens is 3. The molecule has 0 amide bonds. The van der Waals surface area contributed by atoms with E-state index in [2.05, 4.69) is 15.3 Å².